The van der Waals surface area contributed by atoms with Crippen LogP contribution in [0.5, 0.6) is 0 Å². The van der Waals surface area contributed by atoms with Crippen LogP contribution in [0.25, 0.3) is 0 Å². The molecule has 9 heavy (non-hydrogen) atoms. The van der Waals surface area contributed by atoms with Crippen molar-refractivity contribution in [1.82, 2.24) is 5.43 Å². The zero-order valence-corrected chi connectivity index (χ0v) is 5.86. The maximum atomic E-state index is 5.81. The molecular formula is C5H10ClN3. The van der Waals surface area contributed by atoms with Crippen molar-refractivity contribution < 1.29 is 0 Å². The Morgan fingerprint density at radius 2 is 2.56 bits per heavy atom. The maximum Gasteiger partial charge on any atom is 0.112 e. The monoisotopic (exact) mass is 147 g/mol. The molecule has 0 aliphatic carbocycles. The van der Waals surface area contributed by atoms with E-state index in [-0.39, 0.29) is 5.38 Å². The van der Waals surface area contributed by atoms with Gasteiger partial charge in [0.25, 0.3) is 0 Å². The number of hydrogen-bond acceptors (Lipinski definition) is 3. The third kappa shape index (κ3) is 1.84. The lowest BCUT2D eigenvalue weighted by Crippen LogP contribution is -2.34. The predicted molar refractivity (Wildman–Crippen MR) is 38.5 cm³/mol. The molecule has 0 aromatic heterocycles. The number of nitrogens with one attached hydrogen (secondary N) is 1. The number of nitrogens with zero attached hydrogens (tertiary/aromatic N) is 1. The van der Waals surface area contributed by atoms with Crippen LogP contribution < -0.4 is 11.3 Å². The Bertz CT molecular complexity index is 123. The lowest BCUT2D eigenvalue weighted by Gasteiger charge is -2.14. The Balaban J connectivity index is 2.43. The van der Waals surface area contributed by atoms with Gasteiger partial charge in [0.2, 0.25) is 0 Å². The highest BCUT2D eigenvalue weighted by Crippen LogP contribution is 2.11. The highest BCUT2D eigenvalue weighted by molar-refractivity contribution is 6.22. The summed E-state index contributed by atoms with van der Waals surface area (Å²) < 4.78 is 0. The van der Waals surface area contributed by atoms with Crippen molar-refractivity contribution in [2.45, 2.75) is 18.2 Å². The SMILES string of the molecule is NNC1=NCCC(Cl)C1. The first kappa shape index (κ1) is 6.83. The summed E-state index contributed by atoms with van der Waals surface area (Å²) in [6.45, 7) is 0.799. The molecule has 0 spiro atoms. The van der Waals surface area contributed by atoms with Crippen LogP contribution in [0, 0.1) is 0 Å². The molecule has 0 fully saturated rings. The van der Waals surface area contributed by atoms with Gasteiger partial charge in [-0.15, -0.1) is 11.6 Å². The fraction of sp³-hybridized carbons (Fsp3) is 0.800. The van der Waals surface area contributed by atoms with Crippen LogP contribution in [0.2, 0.25) is 0 Å². The molecule has 0 bridgehead atoms. The number of hydrazine groups is 1. The van der Waals surface area contributed by atoms with E-state index in [1.165, 1.54) is 0 Å². The van der Waals surface area contributed by atoms with Gasteiger partial charge in [-0.3, -0.25) is 4.99 Å². The van der Waals surface area contributed by atoms with Crippen LogP contribution in [-0.4, -0.2) is 17.8 Å². The molecule has 1 aliphatic heterocycles. The number of aliphatic imine (C=N–C) groups is 1. The van der Waals surface area contributed by atoms with Crippen LogP contribution in [-0.2, 0) is 0 Å². The van der Waals surface area contributed by atoms with E-state index in [0.717, 1.165) is 25.2 Å². The van der Waals surface area contributed by atoms with E-state index in [1.54, 1.807) is 0 Å². The van der Waals surface area contributed by atoms with E-state index in [2.05, 4.69) is 10.4 Å². The Hall–Kier alpha value is -0.280. The summed E-state index contributed by atoms with van der Waals surface area (Å²) in [5, 5.41) is 0.216. The van der Waals surface area contributed by atoms with Crippen molar-refractivity contribution in [1.29, 1.82) is 0 Å². The normalized spacial score (nSPS) is 27.3. The summed E-state index contributed by atoms with van der Waals surface area (Å²) in [7, 11) is 0. The molecule has 4 heteroatoms. The molecule has 3 N–H and O–H groups in total. The molecule has 3 nitrogen and oxygen atoms in total. The first-order valence-corrected chi connectivity index (χ1v) is 3.40. The fourth-order valence-corrected chi connectivity index (χ4v) is 1.06. The minimum Gasteiger partial charge on any atom is -0.312 e. The zero-order valence-electron chi connectivity index (χ0n) is 5.10. The van der Waals surface area contributed by atoms with E-state index >= 15 is 0 Å². The largest absolute Gasteiger partial charge is 0.312 e. The standard InChI is InChI=1S/C5H10ClN3/c6-4-1-2-8-5(3-4)9-7/h4H,1-3,7H2,(H,8,9). The van der Waals surface area contributed by atoms with Crippen LogP contribution in [0.1, 0.15) is 12.8 Å². The molecule has 1 unspecified atom stereocenters. The van der Waals surface area contributed by atoms with Gasteiger partial charge in [-0.25, -0.2) is 5.84 Å². The summed E-state index contributed by atoms with van der Waals surface area (Å²) in [6, 6.07) is 0. The van der Waals surface area contributed by atoms with Crippen molar-refractivity contribution >= 4 is 17.4 Å². The molecule has 0 amide bonds. The van der Waals surface area contributed by atoms with Gasteiger partial charge in [0.05, 0.1) is 0 Å². The van der Waals surface area contributed by atoms with Gasteiger partial charge in [-0.05, 0) is 6.42 Å². The molecular weight excluding hydrogens is 138 g/mol. The minimum absolute atomic E-state index is 0.216. The van der Waals surface area contributed by atoms with Gasteiger partial charge in [0.15, 0.2) is 0 Å². The third-order valence-electron chi connectivity index (χ3n) is 1.33. The average Bonchev–Trinajstić information content (AvgIpc) is 1.88. The van der Waals surface area contributed by atoms with Gasteiger partial charge >= 0.3 is 0 Å². The topological polar surface area (TPSA) is 50.4 Å². The quantitative estimate of drug-likeness (QED) is 0.293. The lowest BCUT2D eigenvalue weighted by molar-refractivity contribution is 0.721. The first-order valence-electron chi connectivity index (χ1n) is 2.97. The predicted octanol–water partition coefficient (Wildman–Crippen LogP) is 0.249. The van der Waals surface area contributed by atoms with Crippen molar-refractivity contribution in [3.05, 3.63) is 0 Å². The van der Waals surface area contributed by atoms with E-state index in [4.69, 9.17) is 17.4 Å². The third-order valence-corrected chi connectivity index (χ3v) is 1.70. The summed E-state index contributed by atoms with van der Waals surface area (Å²) in [5.74, 6) is 5.95. The zero-order chi connectivity index (χ0) is 6.69. The van der Waals surface area contributed by atoms with E-state index < -0.39 is 0 Å². The number of halogens is 1. The minimum atomic E-state index is 0.216. The Morgan fingerprint density at radius 1 is 1.78 bits per heavy atom. The summed E-state index contributed by atoms with van der Waals surface area (Å²) >= 11 is 5.81. The molecule has 0 aromatic carbocycles. The van der Waals surface area contributed by atoms with Crippen molar-refractivity contribution in [2.75, 3.05) is 6.54 Å². The Labute approximate surface area is 59.3 Å². The molecule has 0 radical (unpaired) electrons. The number of alkyl halides is 1. The fourth-order valence-electron chi connectivity index (χ4n) is 0.821. The molecule has 1 aliphatic rings. The highest BCUT2D eigenvalue weighted by atomic mass is 35.5. The molecule has 0 aromatic rings. The Morgan fingerprint density at radius 3 is 3.00 bits per heavy atom. The van der Waals surface area contributed by atoms with Crippen molar-refractivity contribution in [3.8, 4) is 0 Å². The highest BCUT2D eigenvalue weighted by Gasteiger charge is 2.12. The second-order valence-corrected chi connectivity index (χ2v) is 2.68. The van der Waals surface area contributed by atoms with Gasteiger partial charge in [-0.2, -0.15) is 0 Å². The smallest absolute Gasteiger partial charge is 0.112 e. The van der Waals surface area contributed by atoms with Crippen molar-refractivity contribution in [3.63, 3.8) is 0 Å². The average molecular weight is 148 g/mol. The molecule has 0 saturated heterocycles. The van der Waals surface area contributed by atoms with E-state index in [0.29, 0.717) is 0 Å². The number of amidine groups is 1. The number of rotatable bonds is 0. The molecule has 0 saturated carbocycles. The number of nitrogens with two attached hydrogens (primary N) is 1. The molecule has 1 rings (SSSR count). The van der Waals surface area contributed by atoms with Gasteiger partial charge in [0.1, 0.15) is 5.84 Å². The second-order valence-electron chi connectivity index (χ2n) is 2.06. The van der Waals surface area contributed by atoms with Crippen molar-refractivity contribution in [2.24, 2.45) is 10.8 Å². The maximum absolute atomic E-state index is 5.81. The van der Waals surface area contributed by atoms with E-state index in [1.807, 2.05) is 0 Å². The van der Waals surface area contributed by atoms with Gasteiger partial charge in [0, 0.05) is 18.3 Å². The summed E-state index contributed by atoms with van der Waals surface area (Å²) in [6.07, 6.45) is 1.74. The Kier molecular flexibility index (Phi) is 2.30. The van der Waals surface area contributed by atoms with Gasteiger partial charge in [-0.1, -0.05) is 0 Å². The molecule has 1 atom stereocenters. The van der Waals surface area contributed by atoms with Crippen LogP contribution in [0.4, 0.5) is 0 Å². The first-order chi connectivity index (χ1) is 4.33. The molecule has 1 heterocycles. The summed E-state index contributed by atoms with van der Waals surface area (Å²) in [4.78, 5) is 4.09. The lowest BCUT2D eigenvalue weighted by atomic mass is 10.2. The van der Waals surface area contributed by atoms with Gasteiger partial charge < -0.3 is 5.43 Å². The van der Waals surface area contributed by atoms with E-state index in [9.17, 15) is 0 Å². The summed E-state index contributed by atoms with van der Waals surface area (Å²) in [5.41, 5.74) is 2.50. The van der Waals surface area contributed by atoms with Crippen LogP contribution in [0.15, 0.2) is 4.99 Å². The number of hydrogen-bond donors (Lipinski definition) is 2. The molecule has 52 valence electrons. The van der Waals surface area contributed by atoms with Crippen LogP contribution >= 0.6 is 11.6 Å². The second kappa shape index (κ2) is 3.03. The van der Waals surface area contributed by atoms with Crippen LogP contribution in [0.3, 0.4) is 0 Å².